The molecule has 0 spiro atoms. The quantitative estimate of drug-likeness (QED) is 0.522. The first-order chi connectivity index (χ1) is 8.71. The van der Waals surface area contributed by atoms with E-state index < -0.39 is 0 Å². The second kappa shape index (κ2) is 8.42. The average Bonchev–Trinajstić information content (AvgIpc) is 2.38. The zero-order chi connectivity index (χ0) is 13.4. The molecule has 0 saturated heterocycles. The summed E-state index contributed by atoms with van der Waals surface area (Å²) >= 11 is 0. The first kappa shape index (κ1) is 15.4. The third-order valence-corrected chi connectivity index (χ3v) is 6.22. The summed E-state index contributed by atoms with van der Waals surface area (Å²) in [5.74, 6) is 2.51. The Kier molecular flexibility index (Phi) is 7.19. The zero-order valence-electron chi connectivity index (χ0n) is 10.5. The SMILES string of the molecule is COc1cc(C=S(CCN)SCCN)ccc1O. The van der Waals surface area contributed by atoms with Gasteiger partial charge in [0.05, 0.1) is 7.11 Å². The minimum absolute atomic E-state index is 0.0573. The van der Waals surface area contributed by atoms with Gasteiger partial charge in [0.1, 0.15) is 0 Å². The number of ether oxygens (including phenoxy) is 1. The van der Waals surface area contributed by atoms with Crippen molar-refractivity contribution in [3.8, 4) is 11.5 Å². The van der Waals surface area contributed by atoms with Crippen LogP contribution in [0.1, 0.15) is 5.56 Å². The fourth-order valence-electron chi connectivity index (χ4n) is 1.34. The Morgan fingerprint density at radius 1 is 1.39 bits per heavy atom. The van der Waals surface area contributed by atoms with Crippen LogP contribution in [-0.2, 0) is 0 Å². The predicted molar refractivity (Wildman–Crippen MR) is 82.8 cm³/mol. The van der Waals surface area contributed by atoms with E-state index in [1.807, 2.05) is 22.9 Å². The van der Waals surface area contributed by atoms with Crippen molar-refractivity contribution < 1.29 is 9.84 Å². The van der Waals surface area contributed by atoms with E-state index in [4.69, 9.17) is 16.2 Å². The number of phenols is 1. The van der Waals surface area contributed by atoms with Gasteiger partial charge in [-0.2, -0.15) is 0 Å². The average molecular weight is 288 g/mol. The molecule has 1 rings (SSSR count). The molecule has 5 N–H and O–H groups in total. The summed E-state index contributed by atoms with van der Waals surface area (Å²) in [6.45, 7) is 1.33. The molecule has 1 aromatic rings. The van der Waals surface area contributed by atoms with Gasteiger partial charge in [0.25, 0.3) is 0 Å². The Morgan fingerprint density at radius 3 is 2.78 bits per heavy atom. The van der Waals surface area contributed by atoms with E-state index in [0.29, 0.717) is 18.8 Å². The van der Waals surface area contributed by atoms with E-state index in [0.717, 1.165) is 17.1 Å². The maximum absolute atomic E-state index is 9.54. The van der Waals surface area contributed by atoms with Crippen LogP contribution < -0.4 is 16.2 Å². The number of hydrogen-bond donors (Lipinski definition) is 3. The van der Waals surface area contributed by atoms with E-state index in [2.05, 4.69) is 5.37 Å². The van der Waals surface area contributed by atoms with E-state index >= 15 is 0 Å². The Bertz CT molecular complexity index is 411. The van der Waals surface area contributed by atoms with Gasteiger partial charge in [-0.1, -0.05) is 16.9 Å². The van der Waals surface area contributed by atoms with Crippen molar-refractivity contribution in [1.82, 2.24) is 0 Å². The van der Waals surface area contributed by atoms with Crippen LogP contribution in [0.25, 0.3) is 0 Å². The number of methoxy groups -OCH3 is 1. The standard InChI is InChI=1S/C12H20N2O2S2/c1-16-12-8-10(2-3-11(12)15)9-18(7-5-14)17-6-4-13/h2-3,8-9,15H,4-7,13-14H2,1H3. The number of aromatic hydroxyl groups is 1. The monoisotopic (exact) mass is 288 g/mol. The lowest BCUT2D eigenvalue weighted by Crippen LogP contribution is -2.05. The summed E-state index contributed by atoms with van der Waals surface area (Å²) in [6, 6.07) is 5.34. The van der Waals surface area contributed by atoms with E-state index in [1.165, 1.54) is 0 Å². The molecule has 0 bridgehead atoms. The van der Waals surface area contributed by atoms with Gasteiger partial charge in [0.15, 0.2) is 11.5 Å². The van der Waals surface area contributed by atoms with Crippen LogP contribution >= 0.6 is 20.3 Å². The summed E-state index contributed by atoms with van der Waals surface area (Å²) < 4.78 is 5.09. The van der Waals surface area contributed by atoms with Gasteiger partial charge in [-0.05, 0) is 23.1 Å². The first-order valence-electron chi connectivity index (χ1n) is 5.66. The van der Waals surface area contributed by atoms with E-state index in [1.54, 1.807) is 13.2 Å². The molecule has 0 aliphatic rings. The highest BCUT2D eigenvalue weighted by Gasteiger charge is 2.02. The third kappa shape index (κ3) is 4.89. The van der Waals surface area contributed by atoms with Crippen LogP contribution in [0.3, 0.4) is 0 Å². The Hall–Kier alpha value is -0.690. The lowest BCUT2D eigenvalue weighted by atomic mass is 10.2. The molecule has 0 amide bonds. The minimum atomic E-state index is 0.0573. The fraction of sp³-hybridized carbons (Fsp3) is 0.417. The molecule has 18 heavy (non-hydrogen) atoms. The maximum atomic E-state index is 9.54. The molecule has 0 aliphatic heterocycles. The van der Waals surface area contributed by atoms with Gasteiger partial charge in [-0.15, -0.1) is 9.52 Å². The van der Waals surface area contributed by atoms with Gasteiger partial charge in [-0.25, -0.2) is 0 Å². The van der Waals surface area contributed by atoms with Crippen LogP contribution in [0.4, 0.5) is 0 Å². The summed E-state index contributed by atoms with van der Waals surface area (Å²) in [7, 11) is 3.42. The Morgan fingerprint density at radius 2 is 2.17 bits per heavy atom. The molecule has 0 fully saturated rings. The largest absolute Gasteiger partial charge is 0.504 e. The third-order valence-electron chi connectivity index (χ3n) is 2.14. The topological polar surface area (TPSA) is 81.5 Å². The summed E-state index contributed by atoms with van der Waals surface area (Å²) in [5.41, 5.74) is 12.2. The van der Waals surface area contributed by atoms with Crippen molar-refractivity contribution in [3.05, 3.63) is 23.8 Å². The van der Waals surface area contributed by atoms with E-state index in [-0.39, 0.29) is 15.3 Å². The van der Waals surface area contributed by atoms with Gasteiger partial charge in [-0.3, -0.25) is 0 Å². The highest BCUT2D eigenvalue weighted by molar-refractivity contribution is 8.83. The number of nitrogens with two attached hydrogens (primary N) is 2. The summed E-state index contributed by atoms with van der Waals surface area (Å²) in [5, 5.41) is 11.7. The molecular weight excluding hydrogens is 268 g/mol. The van der Waals surface area contributed by atoms with Gasteiger partial charge >= 0.3 is 0 Å². The highest BCUT2D eigenvalue weighted by atomic mass is 33.1. The number of phenolic OH excluding ortho intramolecular Hbond substituents is 1. The van der Waals surface area contributed by atoms with Crippen LogP contribution in [0.15, 0.2) is 18.2 Å². The normalized spacial score (nSPS) is 12.6. The molecule has 6 heteroatoms. The van der Waals surface area contributed by atoms with Crippen molar-refractivity contribution in [2.24, 2.45) is 11.5 Å². The molecule has 1 aromatic carbocycles. The summed E-state index contributed by atoms with van der Waals surface area (Å²) in [6.07, 6.45) is 0. The van der Waals surface area contributed by atoms with Crippen molar-refractivity contribution in [2.45, 2.75) is 0 Å². The maximum Gasteiger partial charge on any atom is 0.161 e. The smallest absolute Gasteiger partial charge is 0.161 e. The number of hydrogen-bond acceptors (Lipinski definition) is 5. The second-order valence-corrected chi connectivity index (χ2v) is 7.57. The fourth-order valence-corrected chi connectivity index (χ4v) is 4.75. The number of benzene rings is 1. The van der Waals surface area contributed by atoms with Crippen molar-refractivity contribution >= 4 is 25.7 Å². The van der Waals surface area contributed by atoms with Crippen LogP contribution in [-0.4, -0.2) is 42.2 Å². The molecule has 0 heterocycles. The molecule has 4 nitrogen and oxygen atoms in total. The van der Waals surface area contributed by atoms with Crippen LogP contribution in [0, 0.1) is 0 Å². The van der Waals surface area contributed by atoms with Crippen LogP contribution in [0.5, 0.6) is 11.5 Å². The van der Waals surface area contributed by atoms with Gasteiger partial charge in [0, 0.05) is 24.6 Å². The molecule has 102 valence electrons. The zero-order valence-corrected chi connectivity index (χ0v) is 12.1. The molecule has 0 saturated carbocycles. The highest BCUT2D eigenvalue weighted by Crippen LogP contribution is 2.32. The minimum Gasteiger partial charge on any atom is -0.504 e. The van der Waals surface area contributed by atoms with Crippen molar-refractivity contribution in [3.63, 3.8) is 0 Å². The predicted octanol–water partition coefficient (Wildman–Crippen LogP) is 1.39. The Labute approximate surface area is 114 Å². The lowest BCUT2D eigenvalue weighted by molar-refractivity contribution is 0.373. The summed E-state index contributed by atoms with van der Waals surface area (Å²) in [4.78, 5) is 0. The molecule has 1 atom stereocenters. The van der Waals surface area contributed by atoms with E-state index in [9.17, 15) is 5.11 Å². The van der Waals surface area contributed by atoms with Crippen molar-refractivity contribution in [1.29, 1.82) is 0 Å². The number of rotatable bonds is 7. The second-order valence-electron chi connectivity index (χ2n) is 3.53. The molecule has 0 aliphatic carbocycles. The van der Waals surface area contributed by atoms with Gasteiger partial charge in [0.2, 0.25) is 0 Å². The molecule has 1 unspecified atom stereocenters. The van der Waals surface area contributed by atoms with Crippen LogP contribution in [0.2, 0.25) is 0 Å². The molecular formula is C12H20N2O2S2. The van der Waals surface area contributed by atoms with Gasteiger partial charge < -0.3 is 21.3 Å². The lowest BCUT2D eigenvalue weighted by Gasteiger charge is -2.08. The molecule has 0 aromatic heterocycles. The molecule has 0 radical (unpaired) electrons. The Balaban J connectivity index is 2.88. The van der Waals surface area contributed by atoms with Crippen molar-refractivity contribution in [2.75, 3.05) is 31.7 Å². The first-order valence-corrected chi connectivity index (χ1v) is 8.62.